The fourth-order valence-electron chi connectivity index (χ4n) is 3.26. The number of carbonyl (C=O) groups is 1. The first kappa shape index (κ1) is 27.5. The highest BCUT2D eigenvalue weighted by Crippen LogP contribution is 2.36. The van der Waals surface area contributed by atoms with Gasteiger partial charge < -0.3 is 10.4 Å². The van der Waals surface area contributed by atoms with Crippen LogP contribution in [0.3, 0.4) is 0 Å². The van der Waals surface area contributed by atoms with Crippen LogP contribution in [0.1, 0.15) is 52.2 Å². The number of hydrogen-bond donors (Lipinski definition) is 3. The van der Waals surface area contributed by atoms with Crippen molar-refractivity contribution in [3.63, 3.8) is 0 Å². The molecule has 12 heteroatoms. The van der Waals surface area contributed by atoms with E-state index in [1.807, 2.05) is 30.3 Å². The van der Waals surface area contributed by atoms with Crippen LogP contribution in [0.4, 0.5) is 5.82 Å². The maximum Gasteiger partial charge on any atom is 0.208 e. The Hall–Kier alpha value is -2.09. The molecule has 4 N–H and O–H groups in total. The number of ketones is 1. The lowest BCUT2D eigenvalue weighted by molar-refractivity contribution is -0.204. The Bertz CT molecular complexity index is 1090. The van der Waals surface area contributed by atoms with Crippen LogP contribution in [0.2, 0.25) is 4.34 Å². The second kappa shape index (κ2) is 13.9. The number of carbonyl (C=O) groups excluding carboxylic acids is 1. The van der Waals surface area contributed by atoms with Gasteiger partial charge in [-0.1, -0.05) is 55.3 Å². The lowest BCUT2D eigenvalue weighted by Crippen LogP contribution is -2.19. The molecule has 0 fully saturated rings. The van der Waals surface area contributed by atoms with Gasteiger partial charge in [-0.15, -0.1) is 15.7 Å². The third-order valence-corrected chi connectivity index (χ3v) is 7.01. The normalized spacial score (nSPS) is 13.1. The van der Waals surface area contributed by atoms with Crippen molar-refractivity contribution in [1.82, 2.24) is 14.4 Å². The molecule has 3 rings (SSSR count). The van der Waals surface area contributed by atoms with Crippen LogP contribution in [-0.4, -0.2) is 45.5 Å². The molecule has 2 unspecified atom stereocenters. The molecule has 3 aromatic rings. The van der Waals surface area contributed by atoms with Crippen molar-refractivity contribution in [2.45, 2.75) is 25.9 Å². The van der Waals surface area contributed by atoms with E-state index < -0.39 is 6.10 Å². The molecule has 1 aromatic carbocycles. The molecule has 0 radical (unpaired) electrons. The fraction of sp³-hybridized carbons (Fsp3) is 0.348. The number of aliphatic hydroxyl groups excluding tert-OH is 1. The highest BCUT2D eigenvalue weighted by atomic mass is 35.5. The van der Waals surface area contributed by atoms with Crippen LogP contribution in [-0.2, 0) is 9.22 Å². The van der Waals surface area contributed by atoms with E-state index in [1.165, 1.54) is 16.9 Å². The first-order valence-electron chi connectivity index (χ1n) is 11.0. The number of aliphatic hydroxyl groups is 1. The lowest BCUT2D eigenvalue weighted by atomic mass is 10.0. The van der Waals surface area contributed by atoms with E-state index in [1.54, 1.807) is 13.1 Å². The first-order valence-corrected chi connectivity index (χ1v) is 12.9. The van der Waals surface area contributed by atoms with Gasteiger partial charge in [-0.2, -0.15) is 4.41 Å². The monoisotopic (exact) mass is 537 g/mol. The number of thiophene rings is 1. The van der Waals surface area contributed by atoms with E-state index in [0.717, 1.165) is 36.4 Å². The van der Waals surface area contributed by atoms with Crippen LogP contribution in [0.25, 0.3) is 0 Å². The summed E-state index contributed by atoms with van der Waals surface area (Å²) in [6, 6.07) is 10.8. The molecule has 0 spiro atoms. The number of nitrogens with two attached hydrogens (primary N) is 1. The quantitative estimate of drug-likeness (QED) is 0.0509. The van der Waals surface area contributed by atoms with E-state index in [0.29, 0.717) is 44.9 Å². The van der Waals surface area contributed by atoms with Crippen molar-refractivity contribution in [3.05, 3.63) is 74.8 Å². The molecule has 2 aromatic heterocycles. The maximum absolute atomic E-state index is 13.3. The van der Waals surface area contributed by atoms with Crippen LogP contribution < -0.4 is 11.2 Å². The van der Waals surface area contributed by atoms with Crippen LogP contribution in [0.15, 0.2) is 48.9 Å². The minimum Gasteiger partial charge on any atom is -0.384 e. The van der Waals surface area contributed by atoms with Crippen molar-refractivity contribution in [2.24, 2.45) is 11.8 Å². The number of aromatic nitrogens is 2. The van der Waals surface area contributed by atoms with Crippen molar-refractivity contribution in [1.29, 1.82) is 0 Å². The summed E-state index contributed by atoms with van der Waals surface area (Å²) in [5, 5.41) is 14.0. The summed E-state index contributed by atoms with van der Waals surface area (Å²) in [4.78, 5) is 27.1. The van der Waals surface area contributed by atoms with Gasteiger partial charge in [0.1, 0.15) is 30.5 Å². The third kappa shape index (κ3) is 7.95. The highest BCUT2D eigenvalue weighted by Gasteiger charge is 2.23. The maximum atomic E-state index is 13.3. The van der Waals surface area contributed by atoms with Crippen molar-refractivity contribution < 1.29 is 19.1 Å². The second-order valence-electron chi connectivity index (χ2n) is 7.73. The van der Waals surface area contributed by atoms with E-state index in [-0.39, 0.29) is 11.7 Å². The molecule has 9 nitrogen and oxygen atoms in total. The zero-order valence-electron chi connectivity index (χ0n) is 19.4. The number of nitrogens with zero attached hydrogens (tertiary/aromatic N) is 3. The topological polar surface area (TPSA) is 123 Å². The van der Waals surface area contributed by atoms with E-state index in [4.69, 9.17) is 26.7 Å². The summed E-state index contributed by atoms with van der Waals surface area (Å²) in [6.45, 7) is 3.05. The number of halogens is 1. The van der Waals surface area contributed by atoms with Crippen molar-refractivity contribution in [3.8, 4) is 0 Å². The Morgan fingerprint density at radius 2 is 2.14 bits per heavy atom. The molecular weight excluding hydrogens is 510 g/mol. The SMILES string of the molecule is CCC(CCNc1ncncc1C(=O)c1cc(C(O)c2ccccc2)c(Cl)s1)COOSN(C)N. The van der Waals surface area contributed by atoms with Gasteiger partial charge in [0.25, 0.3) is 0 Å². The van der Waals surface area contributed by atoms with Gasteiger partial charge in [0.15, 0.2) is 0 Å². The fourth-order valence-corrected chi connectivity index (χ4v) is 4.73. The zero-order chi connectivity index (χ0) is 25.2. The van der Waals surface area contributed by atoms with Gasteiger partial charge in [-0.05, 0) is 24.0 Å². The second-order valence-corrected chi connectivity index (χ2v) is 10.2. The Balaban J connectivity index is 1.64. The van der Waals surface area contributed by atoms with Gasteiger partial charge in [-0.25, -0.2) is 14.9 Å². The van der Waals surface area contributed by atoms with Crippen LogP contribution in [0, 0.1) is 5.92 Å². The van der Waals surface area contributed by atoms with Crippen molar-refractivity contribution >= 4 is 46.8 Å². The average Bonchev–Trinajstić information content (AvgIpc) is 3.26. The standard InChI is InChI=1S/C23H28ClN5O4S2/c1-3-15(13-32-33-35-29(2)25)9-10-27-23-18(12-26-14-28-23)21(31)19-11-17(22(24)34-19)20(30)16-7-5-4-6-8-16/h4-8,11-12,14-15,20,30H,3,9-10,13,25H2,1-2H3,(H,26,27,28). The Morgan fingerprint density at radius 3 is 2.86 bits per heavy atom. The summed E-state index contributed by atoms with van der Waals surface area (Å²) in [5.41, 5.74) is 1.52. The molecule has 0 bridgehead atoms. The Kier molecular flexibility index (Phi) is 10.9. The summed E-state index contributed by atoms with van der Waals surface area (Å²) in [5.74, 6) is 5.85. The summed E-state index contributed by atoms with van der Waals surface area (Å²) in [7, 11) is 1.65. The molecule has 0 saturated carbocycles. The highest BCUT2D eigenvalue weighted by molar-refractivity contribution is 7.92. The molecule has 0 amide bonds. The van der Waals surface area contributed by atoms with Crippen LogP contribution >= 0.6 is 35.2 Å². The van der Waals surface area contributed by atoms with E-state index in [9.17, 15) is 9.90 Å². The molecule has 0 aliphatic heterocycles. The minimum absolute atomic E-state index is 0.241. The van der Waals surface area contributed by atoms with Crippen LogP contribution in [0.5, 0.6) is 0 Å². The number of rotatable bonds is 14. The van der Waals surface area contributed by atoms with E-state index >= 15 is 0 Å². The number of hydrogen-bond acceptors (Lipinski definition) is 11. The van der Waals surface area contributed by atoms with Gasteiger partial charge in [-0.3, -0.25) is 10.6 Å². The number of anilines is 1. The Morgan fingerprint density at radius 1 is 1.37 bits per heavy atom. The largest absolute Gasteiger partial charge is 0.384 e. The molecule has 2 atom stereocenters. The third-order valence-electron chi connectivity index (χ3n) is 5.23. The lowest BCUT2D eigenvalue weighted by Gasteiger charge is -2.16. The van der Waals surface area contributed by atoms with Gasteiger partial charge >= 0.3 is 0 Å². The number of benzene rings is 1. The predicted octanol–water partition coefficient (Wildman–Crippen LogP) is 4.65. The summed E-state index contributed by atoms with van der Waals surface area (Å²) >= 11 is 8.42. The van der Waals surface area contributed by atoms with E-state index in [2.05, 4.69) is 22.2 Å². The van der Waals surface area contributed by atoms with Gasteiger partial charge in [0, 0.05) is 25.4 Å². The molecule has 35 heavy (non-hydrogen) atoms. The van der Waals surface area contributed by atoms with Crippen molar-refractivity contribution in [2.75, 3.05) is 25.5 Å². The summed E-state index contributed by atoms with van der Waals surface area (Å²) < 4.78 is 6.61. The molecule has 0 saturated heterocycles. The molecule has 188 valence electrons. The minimum atomic E-state index is -0.924. The summed E-state index contributed by atoms with van der Waals surface area (Å²) in [6.07, 6.45) is 3.61. The van der Waals surface area contributed by atoms with Gasteiger partial charge in [0.2, 0.25) is 5.78 Å². The zero-order valence-corrected chi connectivity index (χ0v) is 21.8. The predicted molar refractivity (Wildman–Crippen MR) is 139 cm³/mol. The first-order chi connectivity index (χ1) is 16.9. The molecule has 0 aliphatic carbocycles. The Labute approximate surface area is 217 Å². The number of hydrazine groups is 1. The average molecular weight is 538 g/mol. The molecule has 0 aliphatic rings. The molecular formula is C23H28ClN5O4S2. The molecule has 2 heterocycles. The van der Waals surface area contributed by atoms with Gasteiger partial charge in [0.05, 0.1) is 21.4 Å². The smallest absolute Gasteiger partial charge is 0.208 e. The number of nitrogens with one attached hydrogen (secondary N) is 1.